The summed E-state index contributed by atoms with van der Waals surface area (Å²) in [5.41, 5.74) is 0. The van der Waals surface area contributed by atoms with Crippen LogP contribution in [0.15, 0.2) is 22.4 Å². The molecule has 0 spiro atoms. The van der Waals surface area contributed by atoms with Crippen LogP contribution in [0.2, 0.25) is 32.7 Å². The van der Waals surface area contributed by atoms with E-state index in [-0.39, 0.29) is 16.6 Å². The third-order valence-corrected chi connectivity index (χ3v) is 21.4. The van der Waals surface area contributed by atoms with Gasteiger partial charge in [-0.05, 0) is 11.3 Å². The minimum absolute atomic E-state index is 0.0362. The van der Waals surface area contributed by atoms with E-state index in [1.54, 1.807) is 0 Å². The monoisotopic (exact) mass is 272 g/mol. The molecule has 16 heavy (non-hydrogen) atoms. The van der Waals surface area contributed by atoms with Gasteiger partial charge >= 0.3 is 0 Å². The van der Waals surface area contributed by atoms with E-state index < -0.39 is 15.2 Å². The molecule has 0 saturated heterocycles. The summed E-state index contributed by atoms with van der Waals surface area (Å²) in [7, 11) is -3.25. The van der Waals surface area contributed by atoms with E-state index in [9.17, 15) is 9.59 Å². The Morgan fingerprint density at radius 2 is 1.44 bits per heavy atom. The van der Waals surface area contributed by atoms with Gasteiger partial charge < -0.3 is 0 Å². The number of allylic oxidation sites excluding steroid dienone is 4. The maximum atomic E-state index is 11.9. The van der Waals surface area contributed by atoms with Gasteiger partial charge in [0.1, 0.15) is 0 Å². The number of carbonyl (C=O) groups is 2. The maximum Gasteiger partial charge on any atom is 0.197 e. The van der Waals surface area contributed by atoms with E-state index >= 15 is 0 Å². The highest BCUT2D eigenvalue weighted by atomic mass is 35.5. The van der Waals surface area contributed by atoms with Crippen molar-refractivity contribution in [2.45, 2.75) is 32.7 Å². The number of hydrogen-bond acceptors (Lipinski definition) is 2. The Balaban J connectivity index is 3.22. The number of carbonyl (C=O) groups excluding carboxylic acids is 2. The van der Waals surface area contributed by atoms with Gasteiger partial charge in [0.25, 0.3) is 0 Å². The molecule has 0 fully saturated rings. The van der Waals surface area contributed by atoms with Gasteiger partial charge in [0.2, 0.25) is 0 Å². The van der Waals surface area contributed by atoms with Crippen LogP contribution in [-0.2, 0) is 9.59 Å². The number of ketones is 2. The summed E-state index contributed by atoms with van der Waals surface area (Å²) in [6.45, 7) is 11.1. The smallest absolute Gasteiger partial charge is 0.197 e. The molecule has 1 rings (SSSR count). The third kappa shape index (κ3) is 2.28. The fourth-order valence-corrected chi connectivity index (χ4v) is 6.58. The lowest BCUT2D eigenvalue weighted by Gasteiger charge is -2.37. The number of rotatable bonds is 2. The molecule has 0 atom stereocenters. The van der Waals surface area contributed by atoms with Crippen LogP contribution in [0.3, 0.4) is 0 Å². The summed E-state index contributed by atoms with van der Waals surface area (Å²) in [5.74, 6) is -0.293. The van der Waals surface area contributed by atoms with Crippen LogP contribution < -0.4 is 0 Å². The summed E-state index contributed by atoms with van der Waals surface area (Å²) in [6.07, 6.45) is 2.74. The molecular weight excluding hydrogens is 256 g/mol. The zero-order valence-electron chi connectivity index (χ0n) is 10.3. The zero-order chi connectivity index (χ0) is 12.7. The van der Waals surface area contributed by atoms with Crippen LogP contribution in [0.25, 0.3) is 0 Å². The Kier molecular flexibility index (Phi) is 3.48. The van der Waals surface area contributed by atoms with Gasteiger partial charge in [-0.1, -0.05) is 44.3 Å². The van der Waals surface area contributed by atoms with Gasteiger partial charge in [-0.15, -0.1) is 0 Å². The standard InChI is InChI=1S/C11H17ClO2Si2/c1-15(2,3)16(4,5)11-7-9(13)8(12)6-10(11)14/h6-7H,1-5H3. The summed E-state index contributed by atoms with van der Waals surface area (Å²) >= 11 is 5.66. The molecule has 0 saturated carbocycles. The first-order valence-electron chi connectivity index (χ1n) is 5.25. The highest BCUT2D eigenvalue weighted by Crippen LogP contribution is 2.30. The van der Waals surface area contributed by atoms with Crippen molar-refractivity contribution in [1.82, 2.24) is 0 Å². The van der Waals surface area contributed by atoms with Crippen LogP contribution in [0, 0.1) is 0 Å². The van der Waals surface area contributed by atoms with Crippen LogP contribution in [0.4, 0.5) is 0 Å². The first-order chi connectivity index (χ1) is 7.07. The molecule has 0 unspecified atom stereocenters. The largest absolute Gasteiger partial charge is 0.290 e. The molecule has 0 radical (unpaired) electrons. The molecule has 0 aromatic heterocycles. The Labute approximate surface area is 103 Å². The molecule has 0 bridgehead atoms. The Morgan fingerprint density at radius 3 is 1.88 bits per heavy atom. The molecule has 2 nitrogen and oxygen atoms in total. The molecule has 5 heteroatoms. The molecule has 0 heterocycles. The van der Waals surface area contributed by atoms with Crippen molar-refractivity contribution in [3.63, 3.8) is 0 Å². The second kappa shape index (κ2) is 4.09. The van der Waals surface area contributed by atoms with E-state index in [1.807, 2.05) is 0 Å². The first kappa shape index (κ1) is 13.6. The Hall–Kier alpha value is -0.456. The van der Waals surface area contributed by atoms with Crippen molar-refractivity contribution in [2.75, 3.05) is 0 Å². The summed E-state index contributed by atoms with van der Waals surface area (Å²) in [5, 5.41) is 0.773. The van der Waals surface area contributed by atoms with Crippen molar-refractivity contribution >= 4 is 38.4 Å². The lowest BCUT2D eigenvalue weighted by Crippen LogP contribution is -2.56. The van der Waals surface area contributed by atoms with Gasteiger partial charge in [0, 0.05) is 13.7 Å². The predicted molar refractivity (Wildman–Crippen MR) is 72.9 cm³/mol. The van der Waals surface area contributed by atoms with Crippen molar-refractivity contribution in [2.24, 2.45) is 0 Å². The Bertz CT molecular complexity index is 414. The predicted octanol–water partition coefficient (Wildman–Crippen LogP) is 2.85. The van der Waals surface area contributed by atoms with Crippen LogP contribution in [-0.4, -0.2) is 26.7 Å². The first-order valence-corrected chi connectivity index (χ1v) is 13.1. The maximum absolute atomic E-state index is 11.9. The molecular formula is C11H17ClO2Si2. The lowest BCUT2D eigenvalue weighted by molar-refractivity contribution is -0.114. The van der Waals surface area contributed by atoms with Gasteiger partial charge in [-0.3, -0.25) is 9.59 Å². The molecule has 0 aromatic carbocycles. The Morgan fingerprint density at radius 1 is 0.938 bits per heavy atom. The van der Waals surface area contributed by atoms with E-state index in [1.165, 1.54) is 12.2 Å². The molecule has 0 amide bonds. The quantitative estimate of drug-likeness (QED) is 0.572. The van der Waals surface area contributed by atoms with E-state index in [2.05, 4.69) is 32.7 Å². The van der Waals surface area contributed by atoms with Gasteiger partial charge in [0.05, 0.1) is 12.6 Å². The fourth-order valence-electron chi connectivity index (χ4n) is 1.43. The van der Waals surface area contributed by atoms with E-state index in [0.717, 1.165) is 5.20 Å². The number of halogens is 1. The normalized spacial score (nSPS) is 18.4. The summed E-state index contributed by atoms with van der Waals surface area (Å²) < 4.78 is 0. The van der Waals surface area contributed by atoms with Crippen LogP contribution in [0.1, 0.15) is 0 Å². The molecule has 0 aromatic rings. The molecule has 1 aliphatic rings. The van der Waals surface area contributed by atoms with Crippen LogP contribution >= 0.6 is 11.6 Å². The third-order valence-electron chi connectivity index (χ3n) is 3.58. The van der Waals surface area contributed by atoms with Gasteiger partial charge in [0.15, 0.2) is 11.6 Å². The molecule has 0 N–H and O–H groups in total. The van der Waals surface area contributed by atoms with Crippen LogP contribution in [0.5, 0.6) is 0 Å². The van der Waals surface area contributed by atoms with E-state index in [0.29, 0.717) is 0 Å². The summed E-state index contributed by atoms with van der Waals surface area (Å²) in [4.78, 5) is 23.5. The van der Waals surface area contributed by atoms with Gasteiger partial charge in [-0.2, -0.15) is 0 Å². The van der Waals surface area contributed by atoms with Crippen molar-refractivity contribution in [1.29, 1.82) is 0 Å². The minimum Gasteiger partial charge on any atom is -0.290 e. The van der Waals surface area contributed by atoms with E-state index in [4.69, 9.17) is 11.6 Å². The highest BCUT2D eigenvalue weighted by Gasteiger charge is 2.43. The molecule has 1 aliphatic carbocycles. The fraction of sp³-hybridized carbons (Fsp3) is 0.455. The summed E-state index contributed by atoms with van der Waals surface area (Å²) in [6, 6.07) is 0. The van der Waals surface area contributed by atoms with Gasteiger partial charge in [-0.25, -0.2) is 0 Å². The molecule has 0 aliphatic heterocycles. The minimum atomic E-state index is -1.81. The SMILES string of the molecule is C[Si](C)(C)[Si](C)(C)C1=CC(=O)C(Cl)=CC1=O. The average Bonchev–Trinajstić information content (AvgIpc) is 2.09. The second-order valence-electron chi connectivity index (χ2n) is 5.65. The second-order valence-corrected chi connectivity index (χ2v) is 22.6. The van der Waals surface area contributed by atoms with Crippen molar-refractivity contribution in [3.8, 4) is 0 Å². The molecule has 88 valence electrons. The zero-order valence-corrected chi connectivity index (χ0v) is 13.1. The highest BCUT2D eigenvalue weighted by molar-refractivity contribution is 7.44. The van der Waals surface area contributed by atoms with Crippen molar-refractivity contribution in [3.05, 3.63) is 22.4 Å². The topological polar surface area (TPSA) is 34.1 Å². The number of hydrogen-bond donors (Lipinski definition) is 0. The lowest BCUT2D eigenvalue weighted by atomic mass is 10.2. The van der Waals surface area contributed by atoms with Crippen molar-refractivity contribution < 1.29 is 9.59 Å². The average molecular weight is 273 g/mol.